The van der Waals surface area contributed by atoms with Crippen molar-refractivity contribution in [2.75, 3.05) is 11.1 Å². The molecule has 0 aliphatic carbocycles. The Kier molecular flexibility index (Phi) is 5.01. The average molecular weight is 500 g/mol. The van der Waals surface area contributed by atoms with Crippen molar-refractivity contribution in [3.63, 3.8) is 0 Å². The van der Waals surface area contributed by atoms with Gasteiger partial charge in [-0.2, -0.15) is 0 Å². The number of pyridine rings is 1. The maximum atomic E-state index is 14.4. The van der Waals surface area contributed by atoms with Crippen LogP contribution in [0.2, 0.25) is 0 Å². The molecule has 0 saturated carbocycles. The van der Waals surface area contributed by atoms with Gasteiger partial charge >= 0.3 is 0 Å². The van der Waals surface area contributed by atoms with Crippen LogP contribution in [-0.4, -0.2) is 25.3 Å². The first kappa shape index (κ1) is 22.7. The molecule has 184 valence electrons. The molecule has 1 atom stereocenters. The first-order valence-electron chi connectivity index (χ1n) is 11.4. The average Bonchev–Trinajstić information content (AvgIpc) is 3.37. The number of aromatic nitrogens is 4. The molecule has 5 aromatic rings. The van der Waals surface area contributed by atoms with Crippen molar-refractivity contribution in [2.24, 2.45) is 0 Å². The molecule has 10 heteroatoms. The third kappa shape index (κ3) is 3.44. The summed E-state index contributed by atoms with van der Waals surface area (Å²) in [5, 5.41) is 2.80. The number of carbonyl (C=O) groups is 1. The van der Waals surface area contributed by atoms with Crippen LogP contribution >= 0.6 is 0 Å². The lowest BCUT2D eigenvalue weighted by molar-refractivity contribution is -0.119. The molecule has 1 amide bonds. The predicted molar refractivity (Wildman–Crippen MR) is 131 cm³/mol. The fraction of sp³-hybridized carbons (Fsp3) is 0.111. The lowest BCUT2D eigenvalue weighted by Crippen LogP contribution is -2.32. The van der Waals surface area contributed by atoms with E-state index in [9.17, 15) is 18.0 Å². The van der Waals surface area contributed by atoms with E-state index in [1.807, 2.05) is 30.3 Å². The van der Waals surface area contributed by atoms with E-state index in [1.54, 1.807) is 6.92 Å². The maximum Gasteiger partial charge on any atom is 0.240 e. The molecule has 1 aliphatic rings. The van der Waals surface area contributed by atoms with Crippen LogP contribution in [0.5, 0.6) is 0 Å². The van der Waals surface area contributed by atoms with Crippen molar-refractivity contribution >= 4 is 23.1 Å². The molecule has 2 aromatic carbocycles. The zero-order valence-electron chi connectivity index (χ0n) is 19.5. The number of benzene rings is 2. The number of fused-ring (bicyclic) bond motifs is 2. The monoisotopic (exact) mass is 500 g/mol. The minimum Gasteiger partial charge on any atom is -0.383 e. The van der Waals surface area contributed by atoms with E-state index in [0.717, 1.165) is 11.6 Å². The summed E-state index contributed by atoms with van der Waals surface area (Å²) in [4.78, 5) is 26.7. The number of nitrogens with one attached hydrogen (secondary N) is 1. The van der Waals surface area contributed by atoms with Crippen molar-refractivity contribution in [1.82, 2.24) is 19.4 Å². The van der Waals surface area contributed by atoms with Crippen LogP contribution in [0.25, 0.3) is 17.0 Å². The first-order chi connectivity index (χ1) is 17.8. The molecular formula is C27H19F3N6O. The molecule has 1 aliphatic heterocycles. The summed E-state index contributed by atoms with van der Waals surface area (Å²) in [5.41, 5.74) is 7.22. The highest BCUT2D eigenvalue weighted by molar-refractivity contribution is 6.09. The number of imidazole rings is 1. The van der Waals surface area contributed by atoms with E-state index in [0.29, 0.717) is 11.1 Å². The Morgan fingerprint density at radius 1 is 0.973 bits per heavy atom. The number of nitrogens with two attached hydrogens (primary N) is 1. The van der Waals surface area contributed by atoms with Gasteiger partial charge in [-0.25, -0.2) is 28.1 Å². The highest BCUT2D eigenvalue weighted by Gasteiger charge is 2.47. The van der Waals surface area contributed by atoms with Crippen molar-refractivity contribution in [3.05, 3.63) is 107 Å². The SMILES string of the molecule is CC1(c2ccccc2)C(=O)Nc2nc(-c3nc(Cc4cccc(F)c4F)n4cc(F)ccc34)nc(N)c21. The Bertz CT molecular complexity index is 1720. The number of rotatable bonds is 4. The number of nitrogens with zero attached hydrogens (tertiary/aromatic N) is 4. The van der Waals surface area contributed by atoms with E-state index in [-0.39, 0.29) is 46.9 Å². The van der Waals surface area contributed by atoms with Crippen LogP contribution in [0.3, 0.4) is 0 Å². The van der Waals surface area contributed by atoms with Crippen LogP contribution in [0.4, 0.5) is 24.8 Å². The predicted octanol–water partition coefficient (Wildman–Crippen LogP) is 4.64. The van der Waals surface area contributed by atoms with Crippen molar-refractivity contribution in [1.29, 1.82) is 0 Å². The Labute approximate surface area is 208 Å². The van der Waals surface area contributed by atoms with Crippen LogP contribution in [0.15, 0.2) is 66.9 Å². The summed E-state index contributed by atoms with van der Waals surface area (Å²) < 4.78 is 43.8. The van der Waals surface area contributed by atoms with Gasteiger partial charge in [0.15, 0.2) is 17.5 Å². The summed E-state index contributed by atoms with van der Waals surface area (Å²) in [6.07, 6.45) is 1.08. The number of halogens is 3. The minimum absolute atomic E-state index is 0.0583. The van der Waals surface area contributed by atoms with Gasteiger partial charge in [-0.1, -0.05) is 42.5 Å². The zero-order chi connectivity index (χ0) is 25.9. The molecular weight excluding hydrogens is 481 g/mol. The van der Waals surface area contributed by atoms with Crippen molar-refractivity contribution in [3.8, 4) is 11.5 Å². The fourth-order valence-electron chi connectivity index (χ4n) is 4.83. The van der Waals surface area contributed by atoms with Gasteiger partial charge in [0, 0.05) is 12.6 Å². The molecule has 37 heavy (non-hydrogen) atoms. The number of hydrogen-bond acceptors (Lipinski definition) is 5. The molecule has 0 spiro atoms. The first-order valence-corrected chi connectivity index (χ1v) is 11.4. The third-order valence-electron chi connectivity index (χ3n) is 6.74. The molecule has 0 saturated heterocycles. The topological polar surface area (TPSA) is 98.2 Å². The quantitative estimate of drug-likeness (QED) is 0.375. The van der Waals surface area contributed by atoms with Crippen LogP contribution in [-0.2, 0) is 16.6 Å². The summed E-state index contributed by atoms with van der Waals surface area (Å²) >= 11 is 0. The number of carbonyl (C=O) groups excluding carboxylic acids is 1. The maximum absolute atomic E-state index is 14.4. The van der Waals surface area contributed by atoms with Gasteiger partial charge in [-0.15, -0.1) is 0 Å². The molecule has 6 rings (SSSR count). The Balaban J connectivity index is 1.50. The van der Waals surface area contributed by atoms with Crippen LogP contribution in [0, 0.1) is 17.5 Å². The molecule has 4 heterocycles. The van der Waals surface area contributed by atoms with Crippen molar-refractivity contribution in [2.45, 2.75) is 18.8 Å². The van der Waals surface area contributed by atoms with Gasteiger partial charge in [-0.3, -0.25) is 9.20 Å². The van der Waals surface area contributed by atoms with E-state index >= 15 is 0 Å². The van der Waals surface area contributed by atoms with Gasteiger partial charge in [0.05, 0.1) is 11.1 Å². The fourth-order valence-corrected chi connectivity index (χ4v) is 4.83. The molecule has 1 unspecified atom stereocenters. The number of hydrogen-bond donors (Lipinski definition) is 2. The van der Waals surface area contributed by atoms with Gasteiger partial charge in [0.25, 0.3) is 0 Å². The van der Waals surface area contributed by atoms with Crippen LogP contribution < -0.4 is 11.1 Å². The van der Waals surface area contributed by atoms with E-state index in [1.165, 1.54) is 34.9 Å². The van der Waals surface area contributed by atoms with Crippen LogP contribution in [0.1, 0.15) is 29.4 Å². The molecule has 0 radical (unpaired) electrons. The lowest BCUT2D eigenvalue weighted by atomic mass is 9.78. The van der Waals surface area contributed by atoms with E-state index in [4.69, 9.17) is 5.73 Å². The lowest BCUT2D eigenvalue weighted by Gasteiger charge is -2.23. The number of nitrogen functional groups attached to an aromatic ring is 1. The molecule has 3 aromatic heterocycles. The molecule has 0 fully saturated rings. The smallest absolute Gasteiger partial charge is 0.240 e. The largest absolute Gasteiger partial charge is 0.383 e. The summed E-state index contributed by atoms with van der Waals surface area (Å²) in [5.74, 6) is -2.15. The second-order valence-electron chi connectivity index (χ2n) is 8.97. The molecule has 3 N–H and O–H groups in total. The zero-order valence-corrected chi connectivity index (χ0v) is 19.5. The second-order valence-corrected chi connectivity index (χ2v) is 8.97. The Hall–Kier alpha value is -4.73. The molecule has 0 bridgehead atoms. The highest BCUT2D eigenvalue weighted by atomic mass is 19.2. The Morgan fingerprint density at radius 3 is 2.54 bits per heavy atom. The highest BCUT2D eigenvalue weighted by Crippen LogP contribution is 2.45. The Morgan fingerprint density at radius 2 is 1.76 bits per heavy atom. The van der Waals surface area contributed by atoms with Gasteiger partial charge < -0.3 is 11.1 Å². The molecule has 7 nitrogen and oxygen atoms in total. The standard InChI is InChI=1S/C27H19F3N6O/c1-27(15-7-3-2-4-8-15)20-23(31)33-25(34-24(20)35-26(27)37)22-18-11-10-16(28)13-36(18)19(32-22)12-14-6-5-9-17(29)21(14)30/h2-11,13H,12H2,1H3,(H3,31,33,34,35,37). The minimum atomic E-state index is -1.10. The third-order valence-corrected chi connectivity index (χ3v) is 6.74. The second kappa shape index (κ2) is 8.16. The van der Waals surface area contributed by atoms with Gasteiger partial charge in [0.2, 0.25) is 5.91 Å². The number of anilines is 2. The summed E-state index contributed by atoms with van der Waals surface area (Å²) in [7, 11) is 0. The van der Waals surface area contributed by atoms with Gasteiger partial charge in [-0.05, 0) is 36.2 Å². The normalized spacial score (nSPS) is 16.7. The summed E-state index contributed by atoms with van der Waals surface area (Å²) in [6.45, 7) is 1.75. The van der Waals surface area contributed by atoms with Gasteiger partial charge in [0.1, 0.15) is 34.4 Å². The van der Waals surface area contributed by atoms with E-state index in [2.05, 4.69) is 20.3 Å². The number of amides is 1. The summed E-state index contributed by atoms with van der Waals surface area (Å²) in [6, 6.07) is 15.8. The van der Waals surface area contributed by atoms with E-state index < -0.39 is 22.9 Å². The van der Waals surface area contributed by atoms with Crippen molar-refractivity contribution < 1.29 is 18.0 Å².